The maximum absolute atomic E-state index is 11.7. The van der Waals surface area contributed by atoms with E-state index in [0.29, 0.717) is 0 Å². The van der Waals surface area contributed by atoms with Crippen molar-refractivity contribution >= 4 is 27.6 Å². The van der Waals surface area contributed by atoms with Gasteiger partial charge in [0.1, 0.15) is 0 Å². The van der Waals surface area contributed by atoms with Crippen LogP contribution in [0.1, 0.15) is 78.4 Å². The van der Waals surface area contributed by atoms with E-state index in [1.165, 1.54) is 33.5 Å². The van der Waals surface area contributed by atoms with Crippen molar-refractivity contribution < 1.29 is 30.0 Å². The first kappa shape index (κ1) is 34.1. The average molecular weight is 777 g/mol. The maximum atomic E-state index is 11.7. The fourth-order valence-corrected chi connectivity index (χ4v) is 6.46. The molecule has 0 bridgehead atoms. The van der Waals surface area contributed by atoms with Crippen molar-refractivity contribution in [3.8, 4) is 22.4 Å². The van der Waals surface area contributed by atoms with Crippen LogP contribution in [0, 0.1) is 18.0 Å². The Hall–Kier alpha value is -3.73. The molecule has 0 aliphatic heterocycles. The summed E-state index contributed by atoms with van der Waals surface area (Å²) in [6.45, 7) is 12.6. The number of ketones is 1. The Bertz CT molecular complexity index is 1820. The molecular weight excluding hydrogens is 735 g/mol. The van der Waals surface area contributed by atoms with Crippen molar-refractivity contribution in [2.24, 2.45) is 11.8 Å². The summed E-state index contributed by atoms with van der Waals surface area (Å²) in [7, 11) is 0. The summed E-state index contributed by atoms with van der Waals surface area (Å²) in [4.78, 5) is 25.7. The molecule has 0 atom stereocenters. The predicted octanol–water partition coefficient (Wildman–Crippen LogP) is 9.82. The number of carbonyl (C=O) groups is 1. The van der Waals surface area contributed by atoms with Crippen LogP contribution < -0.4 is 0 Å². The zero-order valence-electron chi connectivity index (χ0n) is 27.0. The van der Waals surface area contributed by atoms with Crippen LogP contribution in [0.3, 0.4) is 0 Å². The summed E-state index contributed by atoms with van der Waals surface area (Å²) in [6.07, 6.45) is 11.9. The Morgan fingerprint density at radius 2 is 1.56 bits per heavy atom. The summed E-state index contributed by atoms with van der Waals surface area (Å²) >= 11 is 0. The van der Waals surface area contributed by atoms with Gasteiger partial charge in [-0.3, -0.25) is 9.78 Å². The summed E-state index contributed by atoms with van der Waals surface area (Å²) in [5, 5.41) is 12.1. The molecule has 1 aliphatic carbocycles. The summed E-state index contributed by atoms with van der Waals surface area (Å²) < 4.78 is 0. The molecule has 0 spiro atoms. The van der Waals surface area contributed by atoms with Crippen molar-refractivity contribution in [1.29, 1.82) is 0 Å². The van der Waals surface area contributed by atoms with Gasteiger partial charge in [-0.2, -0.15) is 0 Å². The van der Waals surface area contributed by atoms with Gasteiger partial charge in [-0.1, -0.05) is 101 Å². The van der Waals surface area contributed by atoms with E-state index in [1.54, 1.807) is 0 Å². The third-order valence-electron chi connectivity index (χ3n) is 9.15. The molecule has 1 radical (unpaired) electrons. The third-order valence-corrected chi connectivity index (χ3v) is 9.15. The van der Waals surface area contributed by atoms with E-state index in [0.717, 1.165) is 53.5 Å². The van der Waals surface area contributed by atoms with Gasteiger partial charge < -0.3 is 15.1 Å². The number of carbonyl (C=O) groups excluding carboxylic acids is 1. The Balaban J connectivity index is 0.000000249. The molecule has 0 amide bonds. The molecule has 2 aromatic carbocycles. The molecule has 45 heavy (non-hydrogen) atoms. The van der Waals surface area contributed by atoms with E-state index < -0.39 is 0 Å². The number of nitrogens with zero attached hydrogens (tertiary/aromatic N) is 3. The number of allylic oxidation sites excluding steroid dienone is 2. The second-order valence-electron chi connectivity index (χ2n) is 12.1. The minimum atomic E-state index is -0.250. The third kappa shape index (κ3) is 6.64. The fourth-order valence-electron chi connectivity index (χ4n) is 6.46. The van der Waals surface area contributed by atoms with Crippen LogP contribution in [0.15, 0.2) is 84.9 Å². The number of hydrogen-bond acceptors (Lipinski definition) is 5. The van der Waals surface area contributed by atoms with Gasteiger partial charge in [0.2, 0.25) is 0 Å². The van der Waals surface area contributed by atoms with Gasteiger partial charge in [-0.25, -0.2) is 0 Å². The molecule has 6 heteroatoms. The van der Waals surface area contributed by atoms with E-state index >= 15 is 0 Å². The number of fused-ring (bicyclic) bond motifs is 4. The van der Waals surface area contributed by atoms with Gasteiger partial charge >= 0.3 is 0 Å². The molecule has 235 valence electrons. The molecule has 1 N–H and O–H groups in total. The van der Waals surface area contributed by atoms with E-state index in [2.05, 4.69) is 73.6 Å². The van der Waals surface area contributed by atoms with Crippen LogP contribution in [0.4, 0.5) is 0 Å². The second kappa shape index (κ2) is 14.6. The van der Waals surface area contributed by atoms with Gasteiger partial charge in [-0.05, 0) is 82.6 Å². The van der Waals surface area contributed by atoms with E-state index in [1.807, 2.05) is 52.2 Å². The molecule has 0 saturated heterocycles. The molecule has 3 heterocycles. The first-order valence-electron chi connectivity index (χ1n) is 15.8. The molecular formula is C39H42IrN3O2-. The average Bonchev–Trinajstić information content (AvgIpc) is 3.04. The number of pyridine rings is 3. The van der Waals surface area contributed by atoms with Gasteiger partial charge in [0.15, 0.2) is 5.78 Å². The Morgan fingerprint density at radius 1 is 0.867 bits per heavy atom. The number of rotatable bonds is 8. The van der Waals surface area contributed by atoms with Crippen molar-refractivity contribution in [3.05, 3.63) is 102 Å². The first-order chi connectivity index (χ1) is 21.2. The standard InChI is InChI=1S/C26H18N3.C13H24O2.Ir/c1-26(2)20-14-18(16-7-4-3-5-8-16)13-17-10-12-28-24(22(17)20)19-15-29-21-9-6-11-27-25(21)23(19)26;1-5-10(6-2)12(14)9-13(15)11(7-3)8-4;/h3-14H,1-2H3;9-11,14H,5-8H2,1-4H3;/q-1;;/b;12-9-;. The smallest absolute Gasteiger partial charge is 0.162 e. The van der Waals surface area contributed by atoms with Gasteiger partial charge in [0, 0.05) is 61.4 Å². The van der Waals surface area contributed by atoms with Crippen molar-refractivity contribution in [2.75, 3.05) is 0 Å². The fraction of sp³-hybridized carbons (Fsp3) is 0.333. The molecule has 0 saturated carbocycles. The zero-order chi connectivity index (χ0) is 31.4. The Morgan fingerprint density at radius 3 is 2.22 bits per heavy atom. The molecule has 5 nitrogen and oxygen atoms in total. The van der Waals surface area contributed by atoms with Crippen LogP contribution in [0.5, 0.6) is 0 Å². The van der Waals surface area contributed by atoms with Crippen molar-refractivity contribution in [2.45, 2.75) is 72.6 Å². The number of hydrogen-bond donors (Lipinski definition) is 1. The summed E-state index contributed by atoms with van der Waals surface area (Å²) in [6, 6.07) is 21.1. The van der Waals surface area contributed by atoms with Crippen LogP contribution in [-0.4, -0.2) is 25.8 Å². The number of aliphatic hydroxyl groups is 1. The van der Waals surface area contributed by atoms with Crippen LogP contribution >= 0.6 is 0 Å². The quantitative estimate of drug-likeness (QED) is 0.0966. The maximum Gasteiger partial charge on any atom is 0.162 e. The first-order valence-corrected chi connectivity index (χ1v) is 15.8. The Labute approximate surface area is 280 Å². The van der Waals surface area contributed by atoms with Crippen LogP contribution in [-0.2, 0) is 30.3 Å². The Kier molecular flexibility index (Phi) is 11.1. The second-order valence-corrected chi connectivity index (χ2v) is 12.1. The zero-order valence-corrected chi connectivity index (χ0v) is 29.4. The van der Waals surface area contributed by atoms with Crippen molar-refractivity contribution in [1.82, 2.24) is 15.0 Å². The normalized spacial score (nSPS) is 13.3. The molecule has 5 aromatic rings. The van der Waals surface area contributed by atoms with Gasteiger partial charge in [0.25, 0.3) is 0 Å². The molecule has 1 aliphatic rings. The molecule has 0 unspecified atom stereocenters. The van der Waals surface area contributed by atoms with Gasteiger partial charge in [0.05, 0.1) is 5.76 Å². The topological polar surface area (TPSA) is 76.0 Å². The molecule has 6 rings (SSSR count). The monoisotopic (exact) mass is 777 g/mol. The minimum Gasteiger partial charge on any atom is -0.512 e. The number of aromatic nitrogens is 3. The largest absolute Gasteiger partial charge is 0.512 e. The predicted molar refractivity (Wildman–Crippen MR) is 181 cm³/mol. The number of benzene rings is 2. The van der Waals surface area contributed by atoms with Gasteiger partial charge in [-0.15, -0.1) is 0 Å². The molecule has 0 fully saturated rings. The van der Waals surface area contributed by atoms with Crippen molar-refractivity contribution in [3.63, 3.8) is 0 Å². The van der Waals surface area contributed by atoms with E-state index in [9.17, 15) is 9.90 Å². The summed E-state index contributed by atoms with van der Waals surface area (Å²) in [5.41, 5.74) is 8.33. The summed E-state index contributed by atoms with van der Waals surface area (Å²) in [5.74, 6) is 0.547. The number of aliphatic hydroxyl groups excluding tert-OH is 1. The van der Waals surface area contributed by atoms with Crippen LogP contribution in [0.25, 0.3) is 44.2 Å². The molecule has 3 aromatic heterocycles. The SMILES string of the molecule is CC1(C)c2c([c-]nc3cccnc23)-c2nccc3cc(-c4ccccc4)cc1c23.CCC(CC)C(=O)/C=C(\O)C(CC)CC.[Ir]. The minimum absolute atomic E-state index is 0. The van der Waals surface area contributed by atoms with Crippen LogP contribution in [0.2, 0.25) is 0 Å². The van der Waals surface area contributed by atoms with E-state index in [-0.39, 0.29) is 48.9 Å². The van der Waals surface area contributed by atoms with E-state index in [4.69, 9.17) is 9.97 Å².